The number of benzene rings is 7. The van der Waals surface area contributed by atoms with Crippen molar-refractivity contribution in [2.24, 2.45) is 0 Å². The van der Waals surface area contributed by atoms with Crippen LogP contribution in [0.25, 0.3) is 0 Å². The second kappa shape index (κ2) is 17.1. The highest BCUT2D eigenvalue weighted by Crippen LogP contribution is 2.60. The van der Waals surface area contributed by atoms with E-state index >= 15 is 0 Å². The molecule has 320 valence electrons. The van der Waals surface area contributed by atoms with Crippen molar-refractivity contribution in [2.45, 2.75) is 86.7 Å². The van der Waals surface area contributed by atoms with Crippen LogP contribution in [0.1, 0.15) is 109 Å². The summed E-state index contributed by atoms with van der Waals surface area (Å²) in [5.41, 5.74) is 14.3. The van der Waals surface area contributed by atoms with Gasteiger partial charge in [-0.05, 0) is 94.8 Å². The lowest BCUT2D eigenvalue weighted by Gasteiger charge is -2.39. The Labute approximate surface area is 375 Å². The minimum absolute atomic E-state index is 0.0101. The standard InChI is InChI=1S/C55H54O6P2/c1-33-25-37(5)51-45(29-33)41(9)46-30-34(2)26-38(6)52(46)58-62(57-51)56-50-24-18-17-23-49(50)55(43-19-13-11-14-20-43,44-21-15-12-16-22-44)61-63-59-53-39(7)27-35(3)31-47(53)42(10)48-32-36(4)28-40(8)54(48)60-63/h11-32,41-42H,1-10H3. The topological polar surface area (TPSA) is 55.4 Å². The van der Waals surface area contributed by atoms with Crippen molar-refractivity contribution in [1.82, 2.24) is 0 Å². The summed E-state index contributed by atoms with van der Waals surface area (Å²) in [6.07, 6.45) is 0. The minimum atomic E-state index is -2.16. The molecule has 0 aromatic heterocycles. The fourth-order valence-electron chi connectivity index (χ4n) is 9.49. The number of hydrogen-bond acceptors (Lipinski definition) is 6. The molecular formula is C55H54O6P2. The Hall–Kier alpha value is -5.64. The van der Waals surface area contributed by atoms with Gasteiger partial charge in [-0.3, -0.25) is 4.52 Å². The molecule has 0 radical (unpaired) electrons. The van der Waals surface area contributed by atoms with Crippen LogP contribution in [0.3, 0.4) is 0 Å². The Morgan fingerprint density at radius 1 is 0.413 bits per heavy atom. The number of para-hydroxylation sites is 1. The molecule has 2 heterocycles. The zero-order valence-electron chi connectivity index (χ0n) is 37.7. The second-order valence-electron chi connectivity index (χ2n) is 17.3. The summed E-state index contributed by atoms with van der Waals surface area (Å²) in [5, 5.41) is 0. The highest BCUT2D eigenvalue weighted by molar-refractivity contribution is 7.43. The molecule has 0 unspecified atom stereocenters. The quantitative estimate of drug-likeness (QED) is 0.117. The van der Waals surface area contributed by atoms with Gasteiger partial charge in [0.05, 0.1) is 0 Å². The van der Waals surface area contributed by atoms with Crippen LogP contribution in [-0.4, -0.2) is 0 Å². The maximum Gasteiger partial charge on any atom is 0.530 e. The molecule has 0 bridgehead atoms. The van der Waals surface area contributed by atoms with Crippen LogP contribution >= 0.6 is 17.2 Å². The van der Waals surface area contributed by atoms with Gasteiger partial charge in [0, 0.05) is 39.7 Å². The number of fused-ring (bicyclic) bond motifs is 4. The summed E-state index contributed by atoms with van der Waals surface area (Å²) in [4.78, 5) is 0. The summed E-state index contributed by atoms with van der Waals surface area (Å²) in [5.74, 6) is 3.67. The average Bonchev–Trinajstić information content (AvgIpc) is 3.25. The van der Waals surface area contributed by atoms with Crippen LogP contribution in [0.2, 0.25) is 0 Å². The Balaban J connectivity index is 1.24. The summed E-state index contributed by atoms with van der Waals surface area (Å²) in [6, 6.07) is 46.1. The molecule has 2 aliphatic rings. The number of aryl methyl sites for hydroxylation is 8. The van der Waals surface area contributed by atoms with Crippen LogP contribution < -0.4 is 22.6 Å². The molecular weight excluding hydrogens is 819 g/mol. The first-order valence-electron chi connectivity index (χ1n) is 21.6. The SMILES string of the molecule is Cc1cc(C)c2c(c1)C(C)c1cc(C)cc(C)c1OP(Oc1ccccc1C(OP1Oc3c(C)cc(C)cc3C(C)c3cc(C)cc(C)c3O1)(c1ccccc1)c1ccccc1)O2. The number of hydrogen-bond donors (Lipinski definition) is 0. The monoisotopic (exact) mass is 872 g/mol. The van der Waals surface area contributed by atoms with E-state index in [4.69, 9.17) is 27.1 Å². The van der Waals surface area contributed by atoms with Gasteiger partial charge >= 0.3 is 17.2 Å². The lowest BCUT2D eigenvalue weighted by molar-refractivity contribution is 0.133. The van der Waals surface area contributed by atoms with Gasteiger partial charge in [-0.2, -0.15) is 0 Å². The van der Waals surface area contributed by atoms with Crippen LogP contribution in [0, 0.1) is 55.4 Å². The molecule has 0 saturated carbocycles. The molecule has 9 rings (SSSR count). The Kier molecular flexibility index (Phi) is 11.6. The van der Waals surface area contributed by atoms with Crippen LogP contribution in [0.4, 0.5) is 0 Å². The molecule has 0 N–H and O–H groups in total. The van der Waals surface area contributed by atoms with Gasteiger partial charge < -0.3 is 22.6 Å². The summed E-state index contributed by atoms with van der Waals surface area (Å²) < 4.78 is 43.1. The lowest BCUT2D eigenvalue weighted by atomic mass is 9.80. The zero-order valence-corrected chi connectivity index (χ0v) is 39.5. The van der Waals surface area contributed by atoms with E-state index in [0.717, 1.165) is 84.2 Å². The van der Waals surface area contributed by atoms with E-state index < -0.39 is 22.8 Å². The number of rotatable bonds is 7. The van der Waals surface area contributed by atoms with Gasteiger partial charge in [-0.1, -0.05) is 163 Å². The van der Waals surface area contributed by atoms with Crippen molar-refractivity contribution in [2.75, 3.05) is 0 Å². The third-order valence-corrected chi connectivity index (χ3v) is 14.4. The predicted octanol–water partition coefficient (Wildman–Crippen LogP) is 15.5. The van der Waals surface area contributed by atoms with Gasteiger partial charge in [0.1, 0.15) is 28.7 Å². The molecule has 0 saturated heterocycles. The van der Waals surface area contributed by atoms with E-state index in [1.807, 2.05) is 54.6 Å². The van der Waals surface area contributed by atoms with Gasteiger partial charge in [0.2, 0.25) is 0 Å². The van der Waals surface area contributed by atoms with Crippen molar-refractivity contribution in [3.63, 3.8) is 0 Å². The maximum absolute atomic E-state index is 7.72. The third-order valence-electron chi connectivity index (χ3n) is 12.3. The molecule has 0 aliphatic carbocycles. The van der Waals surface area contributed by atoms with Gasteiger partial charge in [0.25, 0.3) is 0 Å². The smallest absolute Gasteiger partial charge is 0.417 e. The Morgan fingerprint density at radius 3 is 1.13 bits per heavy atom. The molecule has 2 aliphatic heterocycles. The van der Waals surface area contributed by atoms with E-state index in [0.29, 0.717) is 5.75 Å². The van der Waals surface area contributed by atoms with Crippen molar-refractivity contribution < 1.29 is 27.1 Å². The van der Waals surface area contributed by atoms with E-state index in [2.05, 4.69) is 148 Å². The van der Waals surface area contributed by atoms with Crippen LogP contribution in [0.5, 0.6) is 28.7 Å². The normalized spacial score (nSPS) is 17.9. The van der Waals surface area contributed by atoms with Gasteiger partial charge in [0.15, 0.2) is 5.60 Å². The molecule has 7 aromatic carbocycles. The first-order chi connectivity index (χ1) is 30.3. The summed E-state index contributed by atoms with van der Waals surface area (Å²) >= 11 is 0. The summed E-state index contributed by atoms with van der Waals surface area (Å²) in [6.45, 7) is 21.4. The molecule has 8 heteroatoms. The minimum Gasteiger partial charge on any atom is -0.417 e. The lowest BCUT2D eigenvalue weighted by Crippen LogP contribution is -2.33. The molecule has 0 atom stereocenters. The Morgan fingerprint density at radius 2 is 0.746 bits per heavy atom. The largest absolute Gasteiger partial charge is 0.530 e. The van der Waals surface area contributed by atoms with E-state index in [1.165, 1.54) is 22.3 Å². The van der Waals surface area contributed by atoms with Crippen molar-refractivity contribution >= 4 is 17.2 Å². The van der Waals surface area contributed by atoms with E-state index in [-0.39, 0.29) is 11.8 Å². The van der Waals surface area contributed by atoms with Gasteiger partial charge in [-0.15, -0.1) is 0 Å². The molecule has 6 nitrogen and oxygen atoms in total. The van der Waals surface area contributed by atoms with Crippen LogP contribution in [0.15, 0.2) is 133 Å². The fraction of sp³-hybridized carbons (Fsp3) is 0.236. The van der Waals surface area contributed by atoms with Crippen molar-refractivity contribution in [3.8, 4) is 28.7 Å². The van der Waals surface area contributed by atoms with Crippen molar-refractivity contribution in [1.29, 1.82) is 0 Å². The highest BCUT2D eigenvalue weighted by Gasteiger charge is 2.47. The molecule has 63 heavy (non-hydrogen) atoms. The molecule has 0 spiro atoms. The highest BCUT2D eigenvalue weighted by atomic mass is 31.2. The first-order valence-corrected chi connectivity index (χ1v) is 23.8. The first kappa shape index (κ1) is 42.7. The molecule has 0 fully saturated rings. The average molecular weight is 873 g/mol. The summed E-state index contributed by atoms with van der Waals surface area (Å²) in [7, 11) is -4.23. The molecule has 0 amide bonds. The van der Waals surface area contributed by atoms with Crippen LogP contribution in [-0.2, 0) is 10.1 Å². The maximum atomic E-state index is 7.72. The third kappa shape index (κ3) is 7.99. The van der Waals surface area contributed by atoms with Crippen molar-refractivity contribution in [3.05, 3.63) is 217 Å². The zero-order chi connectivity index (χ0) is 44.2. The van der Waals surface area contributed by atoms with Gasteiger partial charge in [-0.25, -0.2) is 0 Å². The van der Waals surface area contributed by atoms with E-state index in [1.54, 1.807) is 0 Å². The molecule has 7 aromatic rings. The fourth-order valence-corrected chi connectivity index (χ4v) is 12.2. The van der Waals surface area contributed by atoms with E-state index in [9.17, 15) is 0 Å². The Bertz CT molecular complexity index is 2680. The predicted molar refractivity (Wildman–Crippen MR) is 256 cm³/mol. The second-order valence-corrected chi connectivity index (χ2v) is 19.3.